The van der Waals surface area contributed by atoms with E-state index in [4.69, 9.17) is 5.73 Å². The number of esters is 1. The minimum atomic E-state index is -0.182. The Kier molecular flexibility index (Phi) is 6.93. The summed E-state index contributed by atoms with van der Waals surface area (Å²) in [4.78, 5) is 11.0. The van der Waals surface area contributed by atoms with Crippen LogP contribution in [-0.2, 0) is 9.53 Å². The van der Waals surface area contributed by atoms with Crippen molar-refractivity contribution in [1.82, 2.24) is 0 Å². The van der Waals surface area contributed by atoms with Crippen LogP contribution in [0.15, 0.2) is 0 Å². The van der Waals surface area contributed by atoms with Crippen molar-refractivity contribution in [3.63, 3.8) is 0 Å². The highest BCUT2D eigenvalue weighted by Crippen LogP contribution is 2.26. The standard InChI is InChI=1S/C10H19NO2.ClH/c1-13-10(12)7-9(11)8-5-3-2-4-6-8;/h8-9H,2-7,11H2,1H3;1H. The summed E-state index contributed by atoms with van der Waals surface area (Å²) in [5.41, 5.74) is 5.92. The molecule has 0 spiro atoms. The van der Waals surface area contributed by atoms with Gasteiger partial charge < -0.3 is 10.5 Å². The van der Waals surface area contributed by atoms with Crippen molar-refractivity contribution in [2.45, 2.75) is 44.6 Å². The van der Waals surface area contributed by atoms with Gasteiger partial charge in [0.25, 0.3) is 0 Å². The maximum Gasteiger partial charge on any atom is 0.307 e. The number of carbonyl (C=O) groups is 1. The molecule has 1 saturated carbocycles. The summed E-state index contributed by atoms with van der Waals surface area (Å²) in [5.74, 6) is 0.353. The summed E-state index contributed by atoms with van der Waals surface area (Å²) in [5, 5.41) is 0. The van der Waals surface area contributed by atoms with Gasteiger partial charge in [-0.25, -0.2) is 0 Å². The van der Waals surface area contributed by atoms with E-state index < -0.39 is 0 Å². The van der Waals surface area contributed by atoms with Gasteiger partial charge in [0.15, 0.2) is 0 Å². The first-order valence-electron chi connectivity index (χ1n) is 5.06. The third-order valence-electron chi connectivity index (χ3n) is 2.89. The van der Waals surface area contributed by atoms with Crippen molar-refractivity contribution in [3.05, 3.63) is 0 Å². The number of halogens is 1. The number of ether oxygens (including phenoxy) is 1. The van der Waals surface area contributed by atoms with Crippen LogP contribution in [0.4, 0.5) is 0 Å². The summed E-state index contributed by atoms with van der Waals surface area (Å²) < 4.78 is 4.59. The van der Waals surface area contributed by atoms with Gasteiger partial charge in [-0.05, 0) is 18.8 Å². The van der Waals surface area contributed by atoms with Crippen molar-refractivity contribution in [1.29, 1.82) is 0 Å². The second-order valence-electron chi connectivity index (χ2n) is 3.84. The van der Waals surface area contributed by atoms with Crippen molar-refractivity contribution in [2.24, 2.45) is 11.7 Å². The van der Waals surface area contributed by atoms with Gasteiger partial charge in [-0.1, -0.05) is 19.3 Å². The quantitative estimate of drug-likeness (QED) is 0.741. The first-order valence-corrected chi connectivity index (χ1v) is 5.06. The van der Waals surface area contributed by atoms with Crippen molar-refractivity contribution in [2.75, 3.05) is 7.11 Å². The van der Waals surface area contributed by atoms with Crippen LogP contribution < -0.4 is 5.73 Å². The van der Waals surface area contributed by atoms with E-state index in [0.717, 1.165) is 0 Å². The van der Waals surface area contributed by atoms with Gasteiger partial charge in [0.1, 0.15) is 0 Å². The van der Waals surface area contributed by atoms with E-state index in [2.05, 4.69) is 4.74 Å². The summed E-state index contributed by atoms with van der Waals surface area (Å²) in [6, 6.07) is 0.00718. The fraction of sp³-hybridized carbons (Fsp3) is 0.900. The van der Waals surface area contributed by atoms with Crippen LogP contribution in [0.5, 0.6) is 0 Å². The van der Waals surface area contributed by atoms with Crippen molar-refractivity contribution >= 4 is 18.4 Å². The fourth-order valence-corrected chi connectivity index (χ4v) is 2.00. The molecule has 0 heterocycles. The van der Waals surface area contributed by atoms with Gasteiger partial charge in [0.05, 0.1) is 13.5 Å². The maximum atomic E-state index is 11.0. The Balaban J connectivity index is 0.00000169. The molecule has 2 N–H and O–H groups in total. The molecule has 0 aromatic rings. The molecular weight excluding hydrogens is 202 g/mol. The summed E-state index contributed by atoms with van der Waals surface area (Å²) >= 11 is 0. The molecule has 14 heavy (non-hydrogen) atoms. The zero-order chi connectivity index (χ0) is 9.68. The molecular formula is C10H20ClNO2. The minimum absolute atomic E-state index is 0. The van der Waals surface area contributed by atoms with Gasteiger partial charge in [0, 0.05) is 6.04 Å². The first-order chi connectivity index (χ1) is 6.24. The zero-order valence-corrected chi connectivity index (χ0v) is 9.52. The highest BCUT2D eigenvalue weighted by molar-refractivity contribution is 5.85. The number of nitrogens with two attached hydrogens (primary N) is 1. The number of hydrogen-bond donors (Lipinski definition) is 1. The zero-order valence-electron chi connectivity index (χ0n) is 8.70. The molecule has 1 aliphatic rings. The lowest BCUT2D eigenvalue weighted by molar-refractivity contribution is -0.141. The Labute approximate surface area is 91.8 Å². The molecule has 0 aromatic heterocycles. The molecule has 0 aliphatic heterocycles. The lowest BCUT2D eigenvalue weighted by atomic mass is 9.83. The highest BCUT2D eigenvalue weighted by Gasteiger charge is 2.22. The van der Waals surface area contributed by atoms with Crippen molar-refractivity contribution in [3.8, 4) is 0 Å². The maximum absolute atomic E-state index is 11.0. The van der Waals surface area contributed by atoms with Crippen molar-refractivity contribution < 1.29 is 9.53 Å². The molecule has 1 aliphatic carbocycles. The Hall–Kier alpha value is -0.280. The second-order valence-corrected chi connectivity index (χ2v) is 3.84. The molecule has 0 radical (unpaired) electrons. The summed E-state index contributed by atoms with van der Waals surface area (Å²) in [7, 11) is 1.41. The normalized spacial score (nSPS) is 19.6. The fourth-order valence-electron chi connectivity index (χ4n) is 2.00. The molecule has 4 heteroatoms. The van der Waals surface area contributed by atoms with Crippen LogP contribution in [0.2, 0.25) is 0 Å². The molecule has 0 saturated heterocycles. The van der Waals surface area contributed by atoms with Gasteiger partial charge in [-0.2, -0.15) is 0 Å². The monoisotopic (exact) mass is 221 g/mol. The lowest BCUT2D eigenvalue weighted by Crippen LogP contribution is -2.34. The Morgan fingerprint density at radius 1 is 1.43 bits per heavy atom. The Morgan fingerprint density at radius 2 is 2.00 bits per heavy atom. The molecule has 0 amide bonds. The molecule has 84 valence electrons. The third-order valence-corrected chi connectivity index (χ3v) is 2.89. The number of hydrogen-bond acceptors (Lipinski definition) is 3. The average molecular weight is 222 g/mol. The van der Waals surface area contributed by atoms with Crippen LogP contribution >= 0.6 is 12.4 Å². The molecule has 1 fully saturated rings. The van der Waals surface area contributed by atoms with Crippen LogP contribution in [0.3, 0.4) is 0 Å². The number of rotatable bonds is 3. The van der Waals surface area contributed by atoms with Crippen LogP contribution in [0, 0.1) is 5.92 Å². The van der Waals surface area contributed by atoms with Gasteiger partial charge in [-0.3, -0.25) is 4.79 Å². The van der Waals surface area contributed by atoms with Crippen LogP contribution in [0.25, 0.3) is 0 Å². The predicted molar refractivity (Wildman–Crippen MR) is 58.4 cm³/mol. The topological polar surface area (TPSA) is 52.3 Å². The van der Waals surface area contributed by atoms with Crippen LogP contribution in [-0.4, -0.2) is 19.1 Å². The van der Waals surface area contributed by atoms with Gasteiger partial charge >= 0.3 is 5.97 Å². The summed E-state index contributed by atoms with van der Waals surface area (Å²) in [6.07, 6.45) is 6.58. The highest BCUT2D eigenvalue weighted by atomic mass is 35.5. The molecule has 0 bridgehead atoms. The third kappa shape index (κ3) is 4.29. The van der Waals surface area contributed by atoms with E-state index >= 15 is 0 Å². The van der Waals surface area contributed by atoms with Gasteiger partial charge in [0.2, 0.25) is 0 Å². The van der Waals surface area contributed by atoms with E-state index in [1.165, 1.54) is 39.2 Å². The molecule has 1 atom stereocenters. The Morgan fingerprint density at radius 3 is 2.50 bits per heavy atom. The number of methoxy groups -OCH3 is 1. The molecule has 1 rings (SSSR count). The van der Waals surface area contributed by atoms with Gasteiger partial charge in [-0.15, -0.1) is 12.4 Å². The number of carbonyl (C=O) groups excluding carboxylic acids is 1. The smallest absolute Gasteiger partial charge is 0.307 e. The predicted octanol–water partition coefficient (Wildman–Crippen LogP) is 1.88. The van der Waals surface area contributed by atoms with E-state index in [-0.39, 0.29) is 24.4 Å². The van der Waals surface area contributed by atoms with E-state index in [0.29, 0.717) is 12.3 Å². The van der Waals surface area contributed by atoms with Crippen LogP contribution in [0.1, 0.15) is 38.5 Å². The first kappa shape index (κ1) is 13.7. The SMILES string of the molecule is COC(=O)CC(N)C1CCCCC1.Cl. The Bertz CT molecular complexity index is 170. The second kappa shape index (κ2) is 7.07. The van der Waals surface area contributed by atoms with E-state index in [9.17, 15) is 4.79 Å². The molecule has 3 nitrogen and oxygen atoms in total. The van der Waals surface area contributed by atoms with E-state index in [1.54, 1.807) is 0 Å². The largest absolute Gasteiger partial charge is 0.469 e. The molecule has 0 aromatic carbocycles. The molecule has 1 unspecified atom stereocenters. The summed E-state index contributed by atoms with van der Waals surface area (Å²) in [6.45, 7) is 0. The van der Waals surface area contributed by atoms with E-state index in [1.807, 2.05) is 0 Å². The lowest BCUT2D eigenvalue weighted by Gasteiger charge is -2.26. The average Bonchev–Trinajstić information content (AvgIpc) is 2.19. The minimum Gasteiger partial charge on any atom is -0.469 e.